The second-order valence-corrected chi connectivity index (χ2v) is 4.44. The smallest absolute Gasteiger partial charge is 0.222 e. The molecule has 5 unspecified atom stereocenters. The van der Waals surface area contributed by atoms with Gasteiger partial charge in [0, 0.05) is 12.5 Å². The van der Waals surface area contributed by atoms with Gasteiger partial charge in [0.2, 0.25) is 5.91 Å². The normalized spacial score (nSPS) is 38.2. The fourth-order valence-corrected chi connectivity index (χ4v) is 1.50. The van der Waals surface area contributed by atoms with E-state index in [0.29, 0.717) is 0 Å². The lowest BCUT2D eigenvalue weighted by Crippen LogP contribution is -2.60. The molecule has 1 aliphatic heterocycles. The summed E-state index contributed by atoms with van der Waals surface area (Å²) in [5.41, 5.74) is 0. The van der Waals surface area contributed by atoms with E-state index in [4.69, 9.17) is 4.74 Å². The van der Waals surface area contributed by atoms with E-state index in [2.05, 4.69) is 5.32 Å². The van der Waals surface area contributed by atoms with Crippen molar-refractivity contribution in [2.24, 2.45) is 5.92 Å². The summed E-state index contributed by atoms with van der Waals surface area (Å²) in [6.07, 6.45) is -6.94. The Morgan fingerprint density at radius 2 is 1.76 bits per heavy atom. The lowest BCUT2D eigenvalue weighted by Gasteiger charge is -2.38. The minimum absolute atomic E-state index is 0.0426. The Morgan fingerprint density at radius 1 is 1.18 bits per heavy atom. The summed E-state index contributed by atoms with van der Waals surface area (Å²) in [5.74, 6) is -0.438. The predicted octanol–water partition coefficient (Wildman–Crippen LogP) is -2.44. The van der Waals surface area contributed by atoms with E-state index >= 15 is 0 Å². The molecule has 1 amide bonds. The van der Waals surface area contributed by atoms with Gasteiger partial charge in [-0.1, -0.05) is 13.8 Å². The molecule has 1 heterocycles. The summed E-state index contributed by atoms with van der Waals surface area (Å²) in [4.78, 5) is 11.3. The highest BCUT2D eigenvalue weighted by atomic mass is 16.6. The molecule has 0 aromatic rings. The molecule has 0 aliphatic carbocycles. The van der Waals surface area contributed by atoms with E-state index in [1.165, 1.54) is 0 Å². The largest absolute Gasteiger partial charge is 0.388 e. The van der Waals surface area contributed by atoms with Crippen molar-refractivity contribution in [3.63, 3.8) is 0 Å². The van der Waals surface area contributed by atoms with E-state index in [1.807, 2.05) is 0 Å². The first kappa shape index (κ1) is 14.3. The van der Waals surface area contributed by atoms with Crippen LogP contribution in [0, 0.1) is 5.92 Å². The molecular weight excluding hydrogens is 230 g/mol. The summed E-state index contributed by atoms with van der Waals surface area (Å²) in [7, 11) is 0. The Morgan fingerprint density at radius 3 is 2.29 bits per heavy atom. The Hall–Kier alpha value is -0.730. The molecule has 1 rings (SSSR count). The highest BCUT2D eigenvalue weighted by Crippen LogP contribution is 2.19. The fourth-order valence-electron chi connectivity index (χ4n) is 1.50. The van der Waals surface area contributed by atoms with Crippen LogP contribution in [0.15, 0.2) is 0 Å². The van der Waals surface area contributed by atoms with Crippen molar-refractivity contribution in [2.45, 2.75) is 44.6 Å². The number of carbonyl (C=O) groups excluding carboxylic acids is 1. The highest BCUT2D eigenvalue weighted by molar-refractivity contribution is 5.77. The molecule has 7 nitrogen and oxygen atoms in total. The van der Waals surface area contributed by atoms with Crippen molar-refractivity contribution in [3.8, 4) is 0 Å². The summed E-state index contributed by atoms with van der Waals surface area (Å²) in [6, 6.07) is 0. The number of aliphatic hydroxyl groups excluding tert-OH is 4. The van der Waals surface area contributed by atoms with Crippen molar-refractivity contribution in [1.29, 1.82) is 0 Å². The van der Waals surface area contributed by atoms with Crippen LogP contribution in [-0.4, -0.2) is 63.6 Å². The molecule has 0 spiro atoms. The standard InChI is InChI=1S/C10H19NO6/c1-4(2)9(15)11-3-5-6(12)7(13)8(14)10(16)17-5/h4-8,10,12-14,16H,3H2,1-2H3,(H,11,15). The maximum Gasteiger partial charge on any atom is 0.222 e. The van der Waals surface area contributed by atoms with Crippen LogP contribution in [0.4, 0.5) is 0 Å². The lowest BCUT2D eigenvalue weighted by atomic mass is 9.99. The number of nitrogens with one attached hydrogen (secondary N) is 1. The van der Waals surface area contributed by atoms with Crippen LogP contribution in [0.3, 0.4) is 0 Å². The van der Waals surface area contributed by atoms with Gasteiger partial charge in [-0.15, -0.1) is 0 Å². The zero-order valence-corrected chi connectivity index (χ0v) is 9.78. The number of hydrogen-bond acceptors (Lipinski definition) is 6. The van der Waals surface area contributed by atoms with Crippen molar-refractivity contribution < 1.29 is 30.0 Å². The number of aliphatic hydroxyl groups is 4. The minimum atomic E-state index is -1.57. The number of ether oxygens (including phenoxy) is 1. The van der Waals surface area contributed by atoms with E-state index in [0.717, 1.165) is 0 Å². The summed E-state index contributed by atoms with van der Waals surface area (Å²) in [6.45, 7) is 3.38. The molecule has 0 saturated carbocycles. The van der Waals surface area contributed by atoms with Crippen molar-refractivity contribution in [3.05, 3.63) is 0 Å². The van der Waals surface area contributed by atoms with Crippen LogP contribution in [0.5, 0.6) is 0 Å². The number of amides is 1. The molecule has 1 fully saturated rings. The molecule has 100 valence electrons. The first-order chi connectivity index (χ1) is 7.84. The van der Waals surface area contributed by atoms with Crippen LogP contribution in [0.25, 0.3) is 0 Å². The van der Waals surface area contributed by atoms with Gasteiger partial charge in [0.25, 0.3) is 0 Å². The lowest BCUT2D eigenvalue weighted by molar-refractivity contribution is -0.280. The Bertz CT molecular complexity index is 272. The summed E-state index contributed by atoms with van der Waals surface area (Å²) < 4.78 is 4.89. The monoisotopic (exact) mass is 249 g/mol. The second-order valence-electron chi connectivity index (χ2n) is 4.44. The molecule has 5 N–H and O–H groups in total. The first-order valence-electron chi connectivity index (χ1n) is 5.50. The molecule has 0 radical (unpaired) electrons. The third kappa shape index (κ3) is 3.36. The number of rotatable bonds is 3. The van der Waals surface area contributed by atoms with Crippen molar-refractivity contribution in [1.82, 2.24) is 5.32 Å². The average molecular weight is 249 g/mol. The Labute approximate surface area is 99.0 Å². The predicted molar refractivity (Wildman–Crippen MR) is 56.7 cm³/mol. The van der Waals surface area contributed by atoms with E-state index in [9.17, 15) is 25.2 Å². The fraction of sp³-hybridized carbons (Fsp3) is 0.900. The van der Waals surface area contributed by atoms with Crippen LogP contribution in [0.2, 0.25) is 0 Å². The zero-order chi connectivity index (χ0) is 13.2. The Balaban J connectivity index is 2.51. The van der Waals surface area contributed by atoms with E-state index in [1.54, 1.807) is 13.8 Å². The van der Waals surface area contributed by atoms with Gasteiger partial charge in [0.15, 0.2) is 6.29 Å². The molecule has 1 aliphatic rings. The molecular formula is C10H19NO6. The third-order valence-corrected chi connectivity index (χ3v) is 2.69. The maximum atomic E-state index is 11.3. The van der Waals surface area contributed by atoms with Crippen LogP contribution < -0.4 is 5.32 Å². The zero-order valence-electron chi connectivity index (χ0n) is 9.78. The van der Waals surface area contributed by atoms with Gasteiger partial charge in [-0.2, -0.15) is 0 Å². The SMILES string of the molecule is CC(C)C(=O)NCC1OC(O)C(O)C(O)C1O. The molecule has 7 heteroatoms. The van der Waals surface area contributed by atoms with E-state index < -0.39 is 30.7 Å². The minimum Gasteiger partial charge on any atom is -0.388 e. The van der Waals surface area contributed by atoms with Gasteiger partial charge in [-0.3, -0.25) is 4.79 Å². The molecule has 5 atom stereocenters. The van der Waals surface area contributed by atoms with Crippen LogP contribution >= 0.6 is 0 Å². The summed E-state index contributed by atoms with van der Waals surface area (Å²) in [5, 5.41) is 40.0. The quantitative estimate of drug-likeness (QED) is 0.379. The molecule has 0 aromatic carbocycles. The molecule has 0 aromatic heterocycles. The van der Waals surface area contributed by atoms with Crippen molar-refractivity contribution >= 4 is 5.91 Å². The first-order valence-corrected chi connectivity index (χ1v) is 5.50. The van der Waals surface area contributed by atoms with Crippen molar-refractivity contribution in [2.75, 3.05) is 6.54 Å². The number of hydrogen-bond donors (Lipinski definition) is 5. The van der Waals surface area contributed by atoms with Gasteiger partial charge in [0.05, 0.1) is 0 Å². The van der Waals surface area contributed by atoms with Crippen LogP contribution in [0.1, 0.15) is 13.8 Å². The van der Waals surface area contributed by atoms with Gasteiger partial charge < -0.3 is 30.5 Å². The summed E-state index contributed by atoms with van der Waals surface area (Å²) >= 11 is 0. The average Bonchev–Trinajstić information content (AvgIpc) is 2.28. The van der Waals surface area contributed by atoms with E-state index in [-0.39, 0.29) is 18.4 Å². The molecule has 17 heavy (non-hydrogen) atoms. The van der Waals surface area contributed by atoms with Gasteiger partial charge >= 0.3 is 0 Å². The topological polar surface area (TPSA) is 119 Å². The maximum absolute atomic E-state index is 11.3. The molecule has 0 bridgehead atoms. The molecule has 1 saturated heterocycles. The van der Waals surface area contributed by atoms with Gasteiger partial charge in [-0.05, 0) is 0 Å². The Kier molecular flexibility index (Phi) is 4.84. The van der Waals surface area contributed by atoms with Gasteiger partial charge in [0.1, 0.15) is 24.4 Å². The number of carbonyl (C=O) groups is 1. The second kappa shape index (κ2) is 5.74. The van der Waals surface area contributed by atoms with Crippen LogP contribution in [-0.2, 0) is 9.53 Å². The highest BCUT2D eigenvalue weighted by Gasteiger charge is 2.42. The van der Waals surface area contributed by atoms with Gasteiger partial charge in [-0.25, -0.2) is 0 Å². The third-order valence-electron chi connectivity index (χ3n) is 2.69.